The molecule has 5 nitrogen and oxygen atoms in total. The van der Waals surface area contributed by atoms with Crippen molar-refractivity contribution in [1.29, 1.82) is 0 Å². The van der Waals surface area contributed by atoms with Gasteiger partial charge in [0.05, 0.1) is 6.20 Å². The number of nitrogens with one attached hydrogen (secondary N) is 1. The first-order valence-electron chi connectivity index (χ1n) is 5.60. The fourth-order valence-corrected chi connectivity index (χ4v) is 2.00. The molecule has 1 aromatic rings. The summed E-state index contributed by atoms with van der Waals surface area (Å²) in [6.45, 7) is 0. The lowest BCUT2D eigenvalue weighted by atomic mass is 9.91. The lowest BCUT2D eigenvalue weighted by molar-refractivity contribution is 0.0916. The van der Waals surface area contributed by atoms with E-state index >= 15 is 0 Å². The van der Waals surface area contributed by atoms with E-state index in [1.807, 2.05) is 0 Å². The normalized spacial score (nSPS) is 25.1. The molecule has 0 bridgehead atoms. The van der Waals surface area contributed by atoms with Gasteiger partial charge >= 0.3 is 0 Å². The highest BCUT2D eigenvalue weighted by molar-refractivity contribution is 5.92. The van der Waals surface area contributed by atoms with Gasteiger partial charge in [0.1, 0.15) is 5.69 Å². The standard InChI is InChI=1S/C11H16N4O/c12-8-3-1-2-4-9(8)15-11(16)10-7-13-5-6-14-10/h5-9H,1-4,12H2,(H,15,16)/t8-,9+/m1/s1. The number of amides is 1. The van der Waals surface area contributed by atoms with Crippen LogP contribution in [0.4, 0.5) is 0 Å². The SMILES string of the molecule is N[C@@H]1CCCC[C@@H]1NC(=O)c1cnccn1. The average molecular weight is 220 g/mol. The minimum Gasteiger partial charge on any atom is -0.346 e. The number of aromatic nitrogens is 2. The molecule has 0 aromatic carbocycles. The predicted octanol–water partition coefficient (Wildman–Crippen LogP) is 0.476. The molecule has 1 aliphatic carbocycles. The van der Waals surface area contributed by atoms with Gasteiger partial charge in [0.2, 0.25) is 0 Å². The number of nitrogens with two attached hydrogens (primary N) is 1. The lowest BCUT2D eigenvalue weighted by Crippen LogP contribution is -2.49. The van der Waals surface area contributed by atoms with Gasteiger partial charge in [0.25, 0.3) is 5.91 Å². The first kappa shape index (κ1) is 11.0. The maximum atomic E-state index is 11.8. The number of carbonyl (C=O) groups excluding carboxylic acids is 1. The van der Waals surface area contributed by atoms with Crippen LogP contribution in [-0.2, 0) is 0 Å². The third-order valence-electron chi connectivity index (χ3n) is 2.93. The molecule has 0 radical (unpaired) electrons. The van der Waals surface area contributed by atoms with Crippen LogP contribution in [0.5, 0.6) is 0 Å². The third kappa shape index (κ3) is 2.55. The summed E-state index contributed by atoms with van der Waals surface area (Å²) < 4.78 is 0. The molecule has 1 aliphatic rings. The Bertz CT molecular complexity index is 354. The highest BCUT2D eigenvalue weighted by Gasteiger charge is 2.23. The van der Waals surface area contributed by atoms with E-state index in [4.69, 9.17) is 5.73 Å². The van der Waals surface area contributed by atoms with E-state index in [9.17, 15) is 4.79 Å². The van der Waals surface area contributed by atoms with Crippen LogP contribution in [-0.4, -0.2) is 28.0 Å². The fourth-order valence-electron chi connectivity index (χ4n) is 2.00. The number of rotatable bonds is 2. The van der Waals surface area contributed by atoms with Crippen LogP contribution in [0.15, 0.2) is 18.6 Å². The molecule has 0 aliphatic heterocycles. The largest absolute Gasteiger partial charge is 0.346 e. The molecule has 2 rings (SSSR count). The summed E-state index contributed by atoms with van der Waals surface area (Å²) in [4.78, 5) is 19.6. The van der Waals surface area contributed by atoms with Crippen LogP contribution in [0, 0.1) is 0 Å². The Balaban J connectivity index is 1.96. The van der Waals surface area contributed by atoms with Crippen LogP contribution in [0.2, 0.25) is 0 Å². The smallest absolute Gasteiger partial charge is 0.271 e. The van der Waals surface area contributed by atoms with E-state index in [1.165, 1.54) is 12.4 Å². The number of carbonyl (C=O) groups is 1. The van der Waals surface area contributed by atoms with E-state index in [1.54, 1.807) is 6.20 Å². The van der Waals surface area contributed by atoms with Crippen molar-refractivity contribution >= 4 is 5.91 Å². The van der Waals surface area contributed by atoms with Crippen LogP contribution >= 0.6 is 0 Å². The van der Waals surface area contributed by atoms with Crippen molar-refractivity contribution in [2.24, 2.45) is 5.73 Å². The van der Waals surface area contributed by atoms with Gasteiger partial charge in [-0.1, -0.05) is 12.8 Å². The Morgan fingerprint density at radius 3 is 2.88 bits per heavy atom. The van der Waals surface area contributed by atoms with E-state index < -0.39 is 0 Å². The van der Waals surface area contributed by atoms with E-state index in [0.717, 1.165) is 25.7 Å². The summed E-state index contributed by atoms with van der Waals surface area (Å²) in [7, 11) is 0. The molecule has 1 fully saturated rings. The van der Waals surface area contributed by atoms with Crippen molar-refractivity contribution in [3.05, 3.63) is 24.3 Å². The van der Waals surface area contributed by atoms with Crippen LogP contribution in [0.25, 0.3) is 0 Å². The molecule has 86 valence electrons. The van der Waals surface area contributed by atoms with Crippen molar-refractivity contribution in [3.63, 3.8) is 0 Å². The molecule has 1 amide bonds. The Hall–Kier alpha value is -1.49. The summed E-state index contributed by atoms with van der Waals surface area (Å²) in [6, 6.07) is 0.137. The van der Waals surface area contributed by atoms with Gasteiger partial charge in [-0.05, 0) is 12.8 Å². The molecule has 1 saturated carbocycles. The van der Waals surface area contributed by atoms with Crippen molar-refractivity contribution in [1.82, 2.24) is 15.3 Å². The quantitative estimate of drug-likeness (QED) is 0.759. The molecular weight excluding hydrogens is 204 g/mol. The minimum absolute atomic E-state index is 0.0642. The van der Waals surface area contributed by atoms with Gasteiger partial charge in [0.15, 0.2) is 0 Å². The maximum absolute atomic E-state index is 11.8. The van der Waals surface area contributed by atoms with E-state index in [-0.39, 0.29) is 18.0 Å². The molecule has 5 heteroatoms. The summed E-state index contributed by atoms with van der Waals surface area (Å²) >= 11 is 0. The number of nitrogens with zero attached hydrogens (tertiary/aromatic N) is 2. The Labute approximate surface area is 94.5 Å². The van der Waals surface area contributed by atoms with Crippen LogP contribution in [0.1, 0.15) is 36.2 Å². The topological polar surface area (TPSA) is 80.9 Å². The average Bonchev–Trinajstić information content (AvgIpc) is 2.33. The van der Waals surface area contributed by atoms with Gasteiger partial charge in [-0.15, -0.1) is 0 Å². The second-order valence-corrected chi connectivity index (χ2v) is 4.12. The number of hydrogen-bond acceptors (Lipinski definition) is 4. The molecule has 3 N–H and O–H groups in total. The molecule has 0 spiro atoms. The molecule has 1 aromatic heterocycles. The summed E-state index contributed by atoms with van der Waals surface area (Å²) in [5, 5.41) is 2.92. The summed E-state index contributed by atoms with van der Waals surface area (Å²) in [5.41, 5.74) is 6.30. The molecule has 2 atom stereocenters. The fraction of sp³-hybridized carbons (Fsp3) is 0.545. The summed E-state index contributed by atoms with van der Waals surface area (Å²) in [6.07, 6.45) is 8.72. The predicted molar refractivity (Wildman–Crippen MR) is 59.7 cm³/mol. The van der Waals surface area contributed by atoms with Crippen molar-refractivity contribution in [3.8, 4) is 0 Å². The first-order chi connectivity index (χ1) is 7.77. The molecule has 1 heterocycles. The van der Waals surface area contributed by atoms with Gasteiger partial charge in [-0.2, -0.15) is 0 Å². The molecule has 16 heavy (non-hydrogen) atoms. The molecule has 0 unspecified atom stereocenters. The van der Waals surface area contributed by atoms with Gasteiger partial charge in [0, 0.05) is 24.5 Å². The van der Waals surface area contributed by atoms with Crippen LogP contribution in [0.3, 0.4) is 0 Å². The Morgan fingerprint density at radius 1 is 1.38 bits per heavy atom. The van der Waals surface area contributed by atoms with Crippen LogP contribution < -0.4 is 11.1 Å². The van der Waals surface area contributed by atoms with Gasteiger partial charge < -0.3 is 11.1 Å². The van der Waals surface area contributed by atoms with E-state index in [2.05, 4.69) is 15.3 Å². The zero-order chi connectivity index (χ0) is 11.4. The zero-order valence-electron chi connectivity index (χ0n) is 9.10. The lowest BCUT2D eigenvalue weighted by Gasteiger charge is -2.29. The monoisotopic (exact) mass is 220 g/mol. The minimum atomic E-state index is -0.185. The second-order valence-electron chi connectivity index (χ2n) is 4.12. The third-order valence-corrected chi connectivity index (χ3v) is 2.93. The Morgan fingerprint density at radius 2 is 2.19 bits per heavy atom. The molecule has 0 saturated heterocycles. The zero-order valence-corrected chi connectivity index (χ0v) is 9.10. The Kier molecular flexibility index (Phi) is 3.46. The van der Waals surface area contributed by atoms with Crippen molar-refractivity contribution < 1.29 is 4.79 Å². The van der Waals surface area contributed by atoms with Crippen molar-refractivity contribution in [2.75, 3.05) is 0 Å². The first-order valence-corrected chi connectivity index (χ1v) is 5.60. The highest BCUT2D eigenvalue weighted by Crippen LogP contribution is 2.17. The van der Waals surface area contributed by atoms with Crippen molar-refractivity contribution in [2.45, 2.75) is 37.8 Å². The highest BCUT2D eigenvalue weighted by atomic mass is 16.1. The summed E-state index contributed by atoms with van der Waals surface area (Å²) in [5.74, 6) is -0.185. The number of hydrogen-bond donors (Lipinski definition) is 2. The van der Waals surface area contributed by atoms with Gasteiger partial charge in [-0.25, -0.2) is 4.98 Å². The molecular formula is C11H16N4O. The maximum Gasteiger partial charge on any atom is 0.271 e. The second kappa shape index (κ2) is 5.03. The van der Waals surface area contributed by atoms with E-state index in [0.29, 0.717) is 5.69 Å². The van der Waals surface area contributed by atoms with Gasteiger partial charge in [-0.3, -0.25) is 9.78 Å².